The van der Waals surface area contributed by atoms with Crippen molar-refractivity contribution in [3.63, 3.8) is 0 Å². The van der Waals surface area contributed by atoms with Gasteiger partial charge in [-0.2, -0.15) is 0 Å². The largest absolute Gasteiger partial charge is 0.381 e. The van der Waals surface area contributed by atoms with Gasteiger partial charge < -0.3 is 10.2 Å². The van der Waals surface area contributed by atoms with Crippen LogP contribution in [-0.4, -0.2) is 19.1 Å². The lowest BCUT2D eigenvalue weighted by Crippen LogP contribution is -2.41. The Kier molecular flexibility index (Phi) is 4.45. The van der Waals surface area contributed by atoms with Crippen LogP contribution < -0.4 is 10.2 Å². The number of rotatable bonds is 5. The van der Waals surface area contributed by atoms with Crippen molar-refractivity contribution in [3.05, 3.63) is 60.7 Å². The van der Waals surface area contributed by atoms with Crippen molar-refractivity contribution in [2.24, 2.45) is 0 Å². The zero-order chi connectivity index (χ0) is 13.7. The SMILES string of the molecule is C[C@H]([C@@H](C)Nc1ccccc1)N(C)c1ccccc1. The average molecular weight is 254 g/mol. The lowest BCUT2D eigenvalue weighted by molar-refractivity contribution is 0.603. The molecule has 0 spiro atoms. The number of likely N-dealkylation sites (N-methyl/N-ethyl adjacent to an activating group) is 1. The standard InChI is InChI=1S/C17H22N2/c1-14(18-16-10-6-4-7-11-16)15(2)19(3)17-12-8-5-9-13-17/h4-15,18H,1-3H3/t14-,15-/m1/s1. The highest BCUT2D eigenvalue weighted by molar-refractivity contribution is 5.48. The quantitative estimate of drug-likeness (QED) is 0.867. The van der Waals surface area contributed by atoms with E-state index < -0.39 is 0 Å². The molecule has 0 amide bonds. The Hall–Kier alpha value is -1.96. The molecule has 0 bridgehead atoms. The summed E-state index contributed by atoms with van der Waals surface area (Å²) < 4.78 is 0. The first kappa shape index (κ1) is 13.5. The first-order valence-corrected chi connectivity index (χ1v) is 6.78. The third kappa shape index (κ3) is 3.50. The molecule has 1 N–H and O–H groups in total. The molecule has 0 aliphatic carbocycles. The third-order valence-electron chi connectivity index (χ3n) is 3.67. The van der Waals surface area contributed by atoms with E-state index in [0.717, 1.165) is 0 Å². The fourth-order valence-corrected chi connectivity index (χ4v) is 2.15. The summed E-state index contributed by atoms with van der Waals surface area (Å²) in [7, 11) is 2.14. The van der Waals surface area contributed by atoms with Gasteiger partial charge >= 0.3 is 0 Å². The molecule has 0 fully saturated rings. The van der Waals surface area contributed by atoms with Crippen molar-refractivity contribution in [2.45, 2.75) is 25.9 Å². The summed E-state index contributed by atoms with van der Waals surface area (Å²) in [4.78, 5) is 2.31. The summed E-state index contributed by atoms with van der Waals surface area (Å²) in [5.41, 5.74) is 2.42. The average Bonchev–Trinajstić information content (AvgIpc) is 2.47. The minimum atomic E-state index is 0.368. The van der Waals surface area contributed by atoms with Crippen LogP contribution in [0.3, 0.4) is 0 Å². The second kappa shape index (κ2) is 6.28. The first-order chi connectivity index (χ1) is 9.18. The van der Waals surface area contributed by atoms with Crippen LogP contribution in [0, 0.1) is 0 Å². The Morgan fingerprint density at radius 2 is 1.37 bits per heavy atom. The summed E-state index contributed by atoms with van der Waals surface area (Å²) in [5, 5.41) is 3.55. The van der Waals surface area contributed by atoms with E-state index in [1.165, 1.54) is 11.4 Å². The van der Waals surface area contributed by atoms with E-state index in [1.54, 1.807) is 0 Å². The molecule has 2 rings (SSSR count). The van der Waals surface area contributed by atoms with Crippen LogP contribution in [0.1, 0.15) is 13.8 Å². The van der Waals surface area contributed by atoms with Gasteiger partial charge in [0.25, 0.3) is 0 Å². The molecular formula is C17H22N2. The Bertz CT molecular complexity index is 481. The smallest absolute Gasteiger partial charge is 0.0457 e. The molecule has 100 valence electrons. The number of hydrogen-bond donors (Lipinski definition) is 1. The van der Waals surface area contributed by atoms with Crippen LogP contribution in [-0.2, 0) is 0 Å². The van der Waals surface area contributed by atoms with Gasteiger partial charge in [0, 0.05) is 30.5 Å². The molecule has 0 heterocycles. The van der Waals surface area contributed by atoms with Crippen molar-refractivity contribution in [1.82, 2.24) is 0 Å². The molecule has 2 atom stereocenters. The molecular weight excluding hydrogens is 232 g/mol. The van der Waals surface area contributed by atoms with Crippen LogP contribution in [0.25, 0.3) is 0 Å². The van der Waals surface area contributed by atoms with Gasteiger partial charge in [-0.3, -0.25) is 0 Å². The van der Waals surface area contributed by atoms with E-state index in [0.29, 0.717) is 12.1 Å². The fourth-order valence-electron chi connectivity index (χ4n) is 2.15. The molecule has 2 aromatic carbocycles. The van der Waals surface area contributed by atoms with E-state index >= 15 is 0 Å². The molecule has 0 unspecified atom stereocenters. The number of nitrogens with zero attached hydrogens (tertiary/aromatic N) is 1. The highest BCUT2D eigenvalue weighted by atomic mass is 15.2. The predicted molar refractivity (Wildman–Crippen MR) is 83.8 cm³/mol. The Morgan fingerprint density at radius 1 is 0.842 bits per heavy atom. The minimum Gasteiger partial charge on any atom is -0.381 e. The van der Waals surface area contributed by atoms with Crippen LogP contribution >= 0.6 is 0 Å². The lowest BCUT2D eigenvalue weighted by Gasteiger charge is -2.32. The molecule has 2 heteroatoms. The summed E-state index contributed by atoms with van der Waals surface area (Å²) in [5.74, 6) is 0. The van der Waals surface area contributed by atoms with Crippen molar-refractivity contribution >= 4 is 11.4 Å². The molecule has 0 aliphatic rings. The van der Waals surface area contributed by atoms with E-state index in [9.17, 15) is 0 Å². The molecule has 2 aromatic rings. The maximum Gasteiger partial charge on any atom is 0.0457 e. The van der Waals surface area contributed by atoms with Gasteiger partial charge in [-0.25, -0.2) is 0 Å². The maximum atomic E-state index is 3.55. The monoisotopic (exact) mass is 254 g/mol. The van der Waals surface area contributed by atoms with Crippen molar-refractivity contribution < 1.29 is 0 Å². The Balaban J connectivity index is 2.01. The normalized spacial score (nSPS) is 13.6. The second-order valence-electron chi connectivity index (χ2n) is 4.99. The fraction of sp³-hybridized carbons (Fsp3) is 0.294. The molecule has 0 aromatic heterocycles. The van der Waals surface area contributed by atoms with E-state index in [2.05, 4.69) is 79.6 Å². The molecule has 0 saturated heterocycles. The van der Waals surface area contributed by atoms with Gasteiger partial charge in [-0.05, 0) is 38.1 Å². The number of hydrogen-bond acceptors (Lipinski definition) is 2. The van der Waals surface area contributed by atoms with Gasteiger partial charge in [-0.1, -0.05) is 36.4 Å². The highest BCUT2D eigenvalue weighted by Crippen LogP contribution is 2.18. The summed E-state index contributed by atoms with van der Waals surface area (Å²) in [6.07, 6.45) is 0. The Labute approximate surface area is 116 Å². The zero-order valence-corrected chi connectivity index (χ0v) is 11.9. The Morgan fingerprint density at radius 3 is 1.95 bits per heavy atom. The maximum absolute atomic E-state index is 3.55. The predicted octanol–water partition coefficient (Wildman–Crippen LogP) is 4.01. The molecule has 0 saturated carbocycles. The molecule has 2 nitrogen and oxygen atoms in total. The van der Waals surface area contributed by atoms with Gasteiger partial charge in [0.15, 0.2) is 0 Å². The summed E-state index contributed by atoms with van der Waals surface area (Å²) in [6, 6.07) is 21.6. The van der Waals surface area contributed by atoms with Crippen molar-refractivity contribution in [3.8, 4) is 0 Å². The topological polar surface area (TPSA) is 15.3 Å². The number of nitrogens with one attached hydrogen (secondary N) is 1. The molecule has 0 aliphatic heterocycles. The van der Waals surface area contributed by atoms with Crippen molar-refractivity contribution in [1.29, 1.82) is 0 Å². The van der Waals surface area contributed by atoms with E-state index in [4.69, 9.17) is 0 Å². The van der Waals surface area contributed by atoms with Gasteiger partial charge in [0.1, 0.15) is 0 Å². The number of benzene rings is 2. The number of para-hydroxylation sites is 2. The van der Waals surface area contributed by atoms with Gasteiger partial charge in [0.05, 0.1) is 0 Å². The zero-order valence-electron chi connectivity index (χ0n) is 11.9. The highest BCUT2D eigenvalue weighted by Gasteiger charge is 2.16. The lowest BCUT2D eigenvalue weighted by atomic mass is 10.1. The van der Waals surface area contributed by atoms with Crippen LogP contribution in [0.2, 0.25) is 0 Å². The first-order valence-electron chi connectivity index (χ1n) is 6.78. The second-order valence-corrected chi connectivity index (χ2v) is 4.99. The summed E-state index contributed by atoms with van der Waals surface area (Å²) in [6.45, 7) is 4.46. The van der Waals surface area contributed by atoms with Crippen LogP contribution in [0.4, 0.5) is 11.4 Å². The molecule has 19 heavy (non-hydrogen) atoms. The van der Waals surface area contributed by atoms with Crippen molar-refractivity contribution in [2.75, 3.05) is 17.3 Å². The van der Waals surface area contributed by atoms with E-state index in [-0.39, 0.29) is 0 Å². The summed E-state index contributed by atoms with van der Waals surface area (Å²) >= 11 is 0. The van der Waals surface area contributed by atoms with Crippen LogP contribution in [0.15, 0.2) is 60.7 Å². The van der Waals surface area contributed by atoms with Crippen LogP contribution in [0.5, 0.6) is 0 Å². The molecule has 0 radical (unpaired) electrons. The van der Waals surface area contributed by atoms with E-state index in [1.807, 2.05) is 12.1 Å². The number of anilines is 2. The minimum absolute atomic E-state index is 0.368. The van der Waals surface area contributed by atoms with Gasteiger partial charge in [-0.15, -0.1) is 0 Å². The third-order valence-corrected chi connectivity index (χ3v) is 3.67. The van der Waals surface area contributed by atoms with Gasteiger partial charge in [0.2, 0.25) is 0 Å².